The van der Waals surface area contributed by atoms with Crippen LogP contribution in [0.4, 0.5) is 11.4 Å². The average Bonchev–Trinajstić information content (AvgIpc) is 3.43. The van der Waals surface area contributed by atoms with Crippen LogP contribution in [-0.4, -0.2) is 55.0 Å². The molecule has 3 aromatic carbocycles. The standard InChI is InChI=1S/C30H35ClN4O/c31-27-14-13-25(21-29(27)34-17-6-7-18-34)30(36)35-20-19-33(22-24-9-2-1-3-10-24)16-8-15-32-28-12-5-4-11-26(28)23-35/h1-5,9-14,21,32H,6-8,15-20,22-23H2. The Morgan fingerprint density at radius 1 is 0.833 bits per heavy atom. The summed E-state index contributed by atoms with van der Waals surface area (Å²) in [6.07, 6.45) is 3.38. The first kappa shape index (κ1) is 24.7. The maximum atomic E-state index is 13.9. The molecule has 3 aromatic rings. The van der Waals surface area contributed by atoms with Gasteiger partial charge in [0.1, 0.15) is 0 Å². The Hall–Kier alpha value is -3.02. The molecule has 0 atom stereocenters. The Morgan fingerprint density at radius 3 is 2.44 bits per heavy atom. The fourth-order valence-electron chi connectivity index (χ4n) is 5.22. The third kappa shape index (κ3) is 6.03. The van der Waals surface area contributed by atoms with Crippen LogP contribution in [0.15, 0.2) is 72.8 Å². The number of nitrogens with zero attached hydrogens (tertiary/aromatic N) is 3. The van der Waals surface area contributed by atoms with Crippen LogP contribution >= 0.6 is 11.6 Å². The molecule has 0 spiro atoms. The van der Waals surface area contributed by atoms with Gasteiger partial charge in [-0.2, -0.15) is 0 Å². The first-order valence-corrected chi connectivity index (χ1v) is 13.5. The number of fused-ring (bicyclic) bond motifs is 1. The first-order chi connectivity index (χ1) is 17.7. The van der Waals surface area contributed by atoms with Gasteiger partial charge in [-0.3, -0.25) is 9.69 Å². The second-order valence-electron chi connectivity index (χ2n) is 9.79. The number of anilines is 2. The van der Waals surface area contributed by atoms with Crippen LogP contribution in [0.5, 0.6) is 0 Å². The highest BCUT2D eigenvalue weighted by atomic mass is 35.5. The number of amides is 1. The fraction of sp³-hybridized carbons (Fsp3) is 0.367. The minimum atomic E-state index is 0.0563. The van der Waals surface area contributed by atoms with E-state index in [1.54, 1.807) is 0 Å². The Kier molecular flexibility index (Phi) is 8.09. The summed E-state index contributed by atoms with van der Waals surface area (Å²) < 4.78 is 0. The molecule has 0 aliphatic carbocycles. The van der Waals surface area contributed by atoms with Crippen molar-refractivity contribution in [1.29, 1.82) is 0 Å². The van der Waals surface area contributed by atoms with Crippen molar-refractivity contribution in [2.45, 2.75) is 32.4 Å². The molecule has 1 fully saturated rings. The number of benzene rings is 3. The van der Waals surface area contributed by atoms with Crippen molar-refractivity contribution in [2.75, 3.05) is 49.5 Å². The number of para-hydroxylation sites is 1. The minimum Gasteiger partial charge on any atom is -0.385 e. The molecule has 2 heterocycles. The van der Waals surface area contributed by atoms with E-state index >= 15 is 0 Å². The molecule has 5 rings (SSSR count). The van der Waals surface area contributed by atoms with E-state index in [-0.39, 0.29) is 5.91 Å². The van der Waals surface area contributed by atoms with Crippen LogP contribution in [0.2, 0.25) is 5.02 Å². The van der Waals surface area contributed by atoms with E-state index in [1.807, 2.05) is 23.1 Å². The third-order valence-electron chi connectivity index (χ3n) is 7.21. The molecule has 5 nitrogen and oxygen atoms in total. The number of nitrogens with one attached hydrogen (secondary N) is 1. The van der Waals surface area contributed by atoms with Crippen LogP contribution in [0.1, 0.15) is 40.7 Å². The number of carbonyl (C=O) groups is 1. The summed E-state index contributed by atoms with van der Waals surface area (Å²) >= 11 is 6.55. The minimum absolute atomic E-state index is 0.0563. The zero-order valence-electron chi connectivity index (χ0n) is 20.8. The SMILES string of the molecule is O=C(c1ccc(Cl)c(N2CCCC2)c1)N1CCN(Cc2ccccc2)CCCNc2ccccc2C1. The van der Waals surface area contributed by atoms with Gasteiger partial charge in [0.15, 0.2) is 0 Å². The molecule has 36 heavy (non-hydrogen) atoms. The topological polar surface area (TPSA) is 38.8 Å². The number of halogens is 1. The van der Waals surface area contributed by atoms with Gasteiger partial charge in [0.2, 0.25) is 0 Å². The van der Waals surface area contributed by atoms with E-state index in [0.717, 1.165) is 67.7 Å². The van der Waals surface area contributed by atoms with Crippen LogP contribution in [0, 0.1) is 0 Å². The van der Waals surface area contributed by atoms with Gasteiger partial charge in [-0.25, -0.2) is 0 Å². The molecule has 188 valence electrons. The monoisotopic (exact) mass is 502 g/mol. The lowest BCUT2D eigenvalue weighted by molar-refractivity contribution is 0.0720. The quantitative estimate of drug-likeness (QED) is 0.482. The largest absolute Gasteiger partial charge is 0.385 e. The van der Waals surface area contributed by atoms with Crippen LogP contribution in [0.25, 0.3) is 0 Å². The maximum Gasteiger partial charge on any atom is 0.254 e. The molecule has 2 aliphatic rings. The molecule has 1 N–H and O–H groups in total. The highest BCUT2D eigenvalue weighted by Crippen LogP contribution is 2.30. The van der Waals surface area contributed by atoms with Crippen molar-refractivity contribution in [2.24, 2.45) is 0 Å². The van der Waals surface area contributed by atoms with Gasteiger partial charge in [-0.15, -0.1) is 0 Å². The third-order valence-corrected chi connectivity index (χ3v) is 7.53. The number of carbonyl (C=O) groups excluding carboxylic acids is 1. The smallest absolute Gasteiger partial charge is 0.254 e. The summed E-state index contributed by atoms with van der Waals surface area (Å²) in [6, 6.07) is 24.7. The summed E-state index contributed by atoms with van der Waals surface area (Å²) in [5.74, 6) is 0.0563. The first-order valence-electron chi connectivity index (χ1n) is 13.1. The molecule has 1 amide bonds. The van der Waals surface area contributed by atoms with Gasteiger partial charge in [-0.1, -0.05) is 60.1 Å². The molecule has 1 saturated heterocycles. The highest BCUT2D eigenvalue weighted by molar-refractivity contribution is 6.33. The van der Waals surface area contributed by atoms with Gasteiger partial charge < -0.3 is 15.1 Å². The van der Waals surface area contributed by atoms with Gasteiger partial charge >= 0.3 is 0 Å². The van der Waals surface area contributed by atoms with Crippen LogP contribution < -0.4 is 10.2 Å². The van der Waals surface area contributed by atoms with E-state index in [9.17, 15) is 4.79 Å². The highest BCUT2D eigenvalue weighted by Gasteiger charge is 2.22. The predicted molar refractivity (Wildman–Crippen MR) is 149 cm³/mol. The Bertz CT molecular complexity index is 1160. The summed E-state index contributed by atoms with van der Waals surface area (Å²) in [5, 5.41) is 4.33. The molecule has 0 saturated carbocycles. The molecule has 0 bridgehead atoms. The van der Waals surface area contributed by atoms with Crippen molar-refractivity contribution in [1.82, 2.24) is 9.80 Å². The van der Waals surface area contributed by atoms with Crippen molar-refractivity contribution in [3.05, 3.63) is 94.5 Å². The molecular formula is C30H35ClN4O. The summed E-state index contributed by atoms with van der Waals surface area (Å²) in [4.78, 5) is 20.7. The maximum absolute atomic E-state index is 13.9. The van der Waals surface area contributed by atoms with Crippen molar-refractivity contribution < 1.29 is 4.79 Å². The van der Waals surface area contributed by atoms with Crippen molar-refractivity contribution in [3.63, 3.8) is 0 Å². The molecule has 0 aromatic heterocycles. The number of hydrogen-bond donors (Lipinski definition) is 1. The van der Waals surface area contributed by atoms with E-state index in [2.05, 4.69) is 69.7 Å². The zero-order chi connectivity index (χ0) is 24.7. The van der Waals surface area contributed by atoms with Crippen molar-refractivity contribution in [3.8, 4) is 0 Å². The van der Waals surface area contributed by atoms with E-state index < -0.39 is 0 Å². The van der Waals surface area contributed by atoms with E-state index in [0.29, 0.717) is 18.7 Å². The Labute approximate surface area is 219 Å². The predicted octanol–water partition coefficient (Wildman–Crippen LogP) is 5.90. The Balaban J connectivity index is 1.41. The van der Waals surface area contributed by atoms with Gasteiger partial charge in [0.25, 0.3) is 5.91 Å². The molecule has 0 radical (unpaired) electrons. The van der Waals surface area contributed by atoms with E-state index in [4.69, 9.17) is 11.6 Å². The second-order valence-corrected chi connectivity index (χ2v) is 10.2. The lowest BCUT2D eigenvalue weighted by atomic mass is 10.1. The van der Waals surface area contributed by atoms with Gasteiger partial charge in [0.05, 0.1) is 10.7 Å². The average molecular weight is 503 g/mol. The molecular weight excluding hydrogens is 468 g/mol. The van der Waals surface area contributed by atoms with Gasteiger partial charge in [-0.05, 0) is 54.7 Å². The number of hydrogen-bond acceptors (Lipinski definition) is 4. The van der Waals surface area contributed by atoms with Crippen molar-refractivity contribution >= 4 is 28.9 Å². The Morgan fingerprint density at radius 2 is 1.61 bits per heavy atom. The summed E-state index contributed by atoms with van der Waals surface area (Å²) in [5.41, 5.74) is 5.24. The van der Waals surface area contributed by atoms with E-state index in [1.165, 1.54) is 18.4 Å². The van der Waals surface area contributed by atoms with Gasteiger partial charge in [0, 0.05) is 63.6 Å². The normalized spacial score (nSPS) is 17.2. The lowest BCUT2D eigenvalue weighted by Gasteiger charge is -2.28. The van der Waals surface area contributed by atoms with Crippen LogP contribution in [0.3, 0.4) is 0 Å². The lowest BCUT2D eigenvalue weighted by Crippen LogP contribution is -2.38. The zero-order valence-corrected chi connectivity index (χ0v) is 21.6. The summed E-state index contributed by atoms with van der Waals surface area (Å²) in [6.45, 7) is 6.83. The van der Waals surface area contributed by atoms with Crippen LogP contribution in [-0.2, 0) is 13.1 Å². The molecule has 2 aliphatic heterocycles. The second kappa shape index (κ2) is 11.8. The molecule has 6 heteroatoms. The number of rotatable bonds is 4. The fourth-order valence-corrected chi connectivity index (χ4v) is 5.45. The summed E-state index contributed by atoms with van der Waals surface area (Å²) in [7, 11) is 0. The molecule has 0 unspecified atom stereocenters.